The molecule has 7 nitrogen and oxygen atoms in total. The summed E-state index contributed by atoms with van der Waals surface area (Å²) in [4.78, 5) is 16.8. The molecule has 0 atom stereocenters. The maximum Gasteiger partial charge on any atom is 0.281 e. The highest BCUT2D eigenvalue weighted by atomic mass is 19.3. The van der Waals surface area contributed by atoms with Crippen LogP contribution in [-0.2, 0) is 0 Å². The number of carbonyl (C=O) groups is 1. The molecule has 0 saturated heterocycles. The van der Waals surface area contributed by atoms with Crippen molar-refractivity contribution in [2.24, 2.45) is 0 Å². The normalized spacial score (nSPS) is 11.6. The Morgan fingerprint density at radius 3 is 2.83 bits per heavy atom. The first-order valence-electron chi connectivity index (χ1n) is 6.94. The van der Waals surface area contributed by atoms with Crippen LogP contribution in [-0.4, -0.2) is 30.7 Å². The quantitative estimate of drug-likeness (QED) is 0.773. The van der Waals surface area contributed by atoms with Gasteiger partial charge in [-0.3, -0.25) is 9.89 Å². The summed E-state index contributed by atoms with van der Waals surface area (Å²) in [5.41, 5.74) is 0.878. The summed E-state index contributed by atoms with van der Waals surface area (Å²) in [5.74, 6) is -0.387. The summed E-state index contributed by atoms with van der Waals surface area (Å²) in [5, 5.41) is 12.1. The van der Waals surface area contributed by atoms with Crippen molar-refractivity contribution in [1.82, 2.24) is 24.8 Å². The molecule has 1 amide bonds. The van der Waals surface area contributed by atoms with Crippen molar-refractivity contribution < 1.29 is 13.6 Å². The van der Waals surface area contributed by atoms with Gasteiger partial charge in [-0.15, -0.1) is 0 Å². The van der Waals surface area contributed by atoms with Crippen LogP contribution in [0.2, 0.25) is 0 Å². The molecule has 23 heavy (non-hydrogen) atoms. The van der Waals surface area contributed by atoms with Crippen LogP contribution in [0.1, 0.15) is 47.9 Å². The third-order valence-electron chi connectivity index (χ3n) is 3.36. The first kappa shape index (κ1) is 15.1. The van der Waals surface area contributed by atoms with Gasteiger partial charge in [-0.05, 0) is 12.0 Å². The van der Waals surface area contributed by atoms with E-state index in [4.69, 9.17) is 0 Å². The van der Waals surface area contributed by atoms with Crippen LogP contribution < -0.4 is 5.32 Å². The summed E-state index contributed by atoms with van der Waals surface area (Å²) in [6.45, 7) is 3.96. The van der Waals surface area contributed by atoms with Crippen molar-refractivity contribution in [2.75, 3.05) is 5.32 Å². The number of anilines is 1. The van der Waals surface area contributed by atoms with Gasteiger partial charge in [-0.25, -0.2) is 18.3 Å². The highest BCUT2D eigenvalue weighted by molar-refractivity contribution is 6.08. The predicted molar refractivity (Wildman–Crippen MR) is 78.6 cm³/mol. The molecule has 3 rings (SSSR count). The maximum atomic E-state index is 12.8. The number of nitrogens with zero attached hydrogens (tertiary/aromatic N) is 4. The minimum atomic E-state index is -2.76. The molecule has 0 aliphatic rings. The average molecular weight is 320 g/mol. The Bertz CT molecular complexity index is 854. The number of halogens is 2. The Kier molecular flexibility index (Phi) is 3.77. The second-order valence-electron chi connectivity index (χ2n) is 5.29. The number of carbonyl (C=O) groups excluding carboxylic acids is 1. The zero-order valence-corrected chi connectivity index (χ0v) is 12.4. The Labute approximate surface area is 129 Å². The van der Waals surface area contributed by atoms with Crippen molar-refractivity contribution >= 4 is 17.2 Å². The predicted octanol–water partition coefficient (Wildman–Crippen LogP) is 2.77. The molecule has 3 aromatic heterocycles. The lowest BCUT2D eigenvalue weighted by atomic mass is 10.1. The lowest BCUT2D eigenvalue weighted by molar-refractivity contribution is 0.102. The van der Waals surface area contributed by atoms with Crippen LogP contribution in [0.15, 0.2) is 24.7 Å². The molecule has 0 fully saturated rings. The fourth-order valence-electron chi connectivity index (χ4n) is 2.12. The van der Waals surface area contributed by atoms with Gasteiger partial charge in [0.15, 0.2) is 5.65 Å². The number of alkyl halides is 2. The van der Waals surface area contributed by atoms with Gasteiger partial charge in [-0.2, -0.15) is 10.2 Å². The van der Waals surface area contributed by atoms with Crippen LogP contribution in [0.5, 0.6) is 0 Å². The summed E-state index contributed by atoms with van der Waals surface area (Å²) in [6.07, 6.45) is 1.43. The largest absolute Gasteiger partial charge is 0.319 e. The van der Waals surface area contributed by atoms with Crippen LogP contribution in [0.25, 0.3) is 5.65 Å². The Morgan fingerprint density at radius 2 is 2.13 bits per heavy atom. The Hall–Kier alpha value is -2.84. The van der Waals surface area contributed by atoms with Crippen molar-refractivity contribution in [2.45, 2.75) is 26.2 Å². The molecular formula is C14H14F2N6O. The van der Waals surface area contributed by atoms with E-state index in [1.165, 1.54) is 10.7 Å². The molecule has 0 spiro atoms. The smallest absolute Gasteiger partial charge is 0.281 e. The van der Waals surface area contributed by atoms with Crippen molar-refractivity contribution in [3.8, 4) is 0 Å². The minimum absolute atomic E-state index is 0.0654. The van der Waals surface area contributed by atoms with Gasteiger partial charge in [0.25, 0.3) is 12.3 Å². The molecule has 0 bridgehead atoms. The average Bonchev–Trinajstić information content (AvgIpc) is 3.12. The molecule has 120 valence electrons. The van der Waals surface area contributed by atoms with E-state index in [-0.39, 0.29) is 17.2 Å². The van der Waals surface area contributed by atoms with Gasteiger partial charge in [0.2, 0.25) is 0 Å². The summed E-state index contributed by atoms with van der Waals surface area (Å²) < 4.78 is 27.1. The van der Waals surface area contributed by atoms with Crippen molar-refractivity contribution in [3.63, 3.8) is 0 Å². The summed E-state index contributed by atoms with van der Waals surface area (Å²) >= 11 is 0. The molecule has 2 N–H and O–H groups in total. The highest BCUT2D eigenvalue weighted by Gasteiger charge is 2.20. The number of hydrogen-bond acceptors (Lipinski definition) is 4. The summed E-state index contributed by atoms with van der Waals surface area (Å²) in [7, 11) is 0. The Balaban J connectivity index is 1.94. The third kappa shape index (κ3) is 2.77. The van der Waals surface area contributed by atoms with Crippen molar-refractivity contribution in [3.05, 3.63) is 41.6 Å². The first-order chi connectivity index (χ1) is 11.0. The van der Waals surface area contributed by atoms with Gasteiger partial charge < -0.3 is 5.32 Å². The van der Waals surface area contributed by atoms with E-state index in [2.05, 4.69) is 25.6 Å². The van der Waals surface area contributed by atoms with E-state index in [9.17, 15) is 13.6 Å². The van der Waals surface area contributed by atoms with Gasteiger partial charge in [0, 0.05) is 11.9 Å². The molecule has 0 unspecified atom stereocenters. The standard InChI is InChI=1S/C14H14F2N6O/c1-7(2)9-3-4-22-13(19-9)8(5-18-22)14(23)20-10-6-17-21-11(10)12(15)16/h3-7,12H,1-2H3,(H,17,21)(H,20,23). The van der Waals surface area contributed by atoms with Gasteiger partial charge in [-0.1, -0.05) is 13.8 Å². The third-order valence-corrected chi connectivity index (χ3v) is 3.36. The van der Waals surface area contributed by atoms with Crippen LogP contribution in [0.3, 0.4) is 0 Å². The van der Waals surface area contributed by atoms with E-state index in [1.807, 2.05) is 19.9 Å². The summed E-state index contributed by atoms with van der Waals surface area (Å²) in [6, 6.07) is 1.82. The number of nitrogens with one attached hydrogen (secondary N) is 2. The second kappa shape index (κ2) is 5.75. The number of hydrogen-bond donors (Lipinski definition) is 2. The van der Waals surface area contributed by atoms with Crippen molar-refractivity contribution in [1.29, 1.82) is 0 Å². The molecular weight excluding hydrogens is 306 g/mol. The molecule has 0 saturated carbocycles. The zero-order valence-electron chi connectivity index (χ0n) is 12.4. The van der Waals surface area contributed by atoms with E-state index < -0.39 is 18.0 Å². The fraction of sp³-hybridized carbons (Fsp3) is 0.286. The maximum absolute atomic E-state index is 12.8. The number of fused-ring (bicyclic) bond motifs is 1. The lowest BCUT2D eigenvalue weighted by Gasteiger charge is -2.06. The number of aromatic amines is 1. The number of rotatable bonds is 4. The topological polar surface area (TPSA) is 88.0 Å². The van der Waals surface area contributed by atoms with E-state index in [0.717, 1.165) is 11.9 Å². The SMILES string of the molecule is CC(C)c1ccn2ncc(C(=O)Nc3cn[nH]c3C(F)F)c2n1. The monoisotopic (exact) mass is 320 g/mol. The second-order valence-corrected chi connectivity index (χ2v) is 5.29. The van der Waals surface area contributed by atoms with Gasteiger partial charge >= 0.3 is 0 Å². The zero-order chi connectivity index (χ0) is 16.6. The molecule has 0 aromatic carbocycles. The van der Waals surface area contributed by atoms with Gasteiger partial charge in [0.05, 0.1) is 18.1 Å². The van der Waals surface area contributed by atoms with Gasteiger partial charge in [0.1, 0.15) is 11.3 Å². The highest BCUT2D eigenvalue weighted by Crippen LogP contribution is 2.25. The van der Waals surface area contributed by atoms with E-state index >= 15 is 0 Å². The number of H-pyrrole nitrogens is 1. The molecule has 0 aliphatic carbocycles. The molecule has 0 aliphatic heterocycles. The molecule has 9 heteroatoms. The molecule has 3 heterocycles. The van der Waals surface area contributed by atoms with Crippen LogP contribution in [0.4, 0.5) is 14.5 Å². The van der Waals surface area contributed by atoms with Crippen LogP contribution in [0, 0.1) is 0 Å². The molecule has 3 aromatic rings. The lowest BCUT2D eigenvalue weighted by Crippen LogP contribution is -2.13. The fourth-order valence-corrected chi connectivity index (χ4v) is 2.12. The Morgan fingerprint density at radius 1 is 1.35 bits per heavy atom. The van der Waals surface area contributed by atoms with E-state index in [0.29, 0.717) is 5.65 Å². The number of aromatic nitrogens is 5. The van der Waals surface area contributed by atoms with E-state index in [1.54, 1.807) is 6.20 Å². The molecule has 0 radical (unpaired) electrons. The first-order valence-corrected chi connectivity index (χ1v) is 6.94. The van der Waals surface area contributed by atoms with Crippen LogP contribution >= 0.6 is 0 Å². The minimum Gasteiger partial charge on any atom is -0.319 e. The number of amides is 1.